The first-order valence-electron chi connectivity index (χ1n) is 11.0. The molecular formula is C26H19N4NaO5. The second-order valence-electron chi connectivity index (χ2n) is 8.08. The van der Waals surface area contributed by atoms with Crippen LogP contribution in [0, 0.1) is 0 Å². The summed E-state index contributed by atoms with van der Waals surface area (Å²) in [5.41, 5.74) is 1.19. The zero-order valence-corrected chi connectivity index (χ0v) is 21.6. The monoisotopic (exact) mass is 490 g/mol. The number of aromatic amines is 1. The maximum atomic E-state index is 13.5. The molecule has 0 radical (unpaired) electrons. The molecule has 2 aromatic carbocycles. The van der Waals surface area contributed by atoms with E-state index < -0.39 is 23.0 Å². The van der Waals surface area contributed by atoms with Crippen molar-refractivity contribution in [3.63, 3.8) is 0 Å². The van der Waals surface area contributed by atoms with Gasteiger partial charge < -0.3 is 14.9 Å². The Morgan fingerprint density at radius 1 is 1.00 bits per heavy atom. The molecule has 0 aliphatic heterocycles. The van der Waals surface area contributed by atoms with E-state index >= 15 is 0 Å². The molecule has 3 heterocycles. The average molecular weight is 490 g/mol. The number of pyridine rings is 1. The van der Waals surface area contributed by atoms with Gasteiger partial charge in [-0.05, 0) is 48.4 Å². The smallest absolute Gasteiger partial charge is 0.545 e. The number of imidazole rings is 1. The molecule has 174 valence electrons. The molecule has 10 heteroatoms. The van der Waals surface area contributed by atoms with Crippen molar-refractivity contribution in [1.82, 2.24) is 18.9 Å². The molecule has 9 nitrogen and oxygen atoms in total. The second kappa shape index (κ2) is 10.1. The molecule has 0 saturated carbocycles. The molecule has 36 heavy (non-hydrogen) atoms. The number of carboxylic acids is 1. The number of H-pyrrole nitrogens is 1. The Balaban J connectivity index is 0.00000304. The minimum atomic E-state index is -1.31. The first kappa shape index (κ1) is 25.3. The van der Waals surface area contributed by atoms with Gasteiger partial charge in [0.25, 0.3) is 5.56 Å². The van der Waals surface area contributed by atoms with Gasteiger partial charge in [-0.3, -0.25) is 18.6 Å². The van der Waals surface area contributed by atoms with Crippen LogP contribution in [0.25, 0.3) is 27.7 Å². The molecule has 0 spiro atoms. The number of carboxylic acid groups (broad SMARTS) is 1. The van der Waals surface area contributed by atoms with Crippen molar-refractivity contribution >= 4 is 28.2 Å². The largest absolute Gasteiger partial charge is 1.00 e. The third kappa shape index (κ3) is 4.32. The van der Waals surface area contributed by atoms with Gasteiger partial charge in [-0.1, -0.05) is 31.2 Å². The van der Waals surface area contributed by atoms with Crippen molar-refractivity contribution in [1.29, 1.82) is 0 Å². The molecule has 0 unspecified atom stereocenters. The summed E-state index contributed by atoms with van der Waals surface area (Å²) in [4.78, 5) is 57.2. The molecule has 0 amide bonds. The van der Waals surface area contributed by atoms with Gasteiger partial charge in [0, 0.05) is 23.9 Å². The number of nitrogens with zero attached hydrogens (tertiary/aromatic N) is 3. The zero-order valence-electron chi connectivity index (χ0n) is 19.6. The van der Waals surface area contributed by atoms with Crippen molar-refractivity contribution in [2.24, 2.45) is 0 Å². The fourth-order valence-electron chi connectivity index (χ4n) is 4.15. The number of carbonyl (C=O) groups is 2. The molecule has 5 aromatic rings. The zero-order chi connectivity index (χ0) is 24.7. The Bertz CT molecular complexity index is 1770. The number of aromatic carboxylic acids is 1. The number of hydrogen-bond acceptors (Lipinski definition) is 6. The van der Waals surface area contributed by atoms with E-state index in [9.17, 15) is 24.3 Å². The van der Waals surface area contributed by atoms with Crippen molar-refractivity contribution in [3.05, 3.63) is 105 Å². The average Bonchev–Trinajstić information content (AvgIpc) is 3.26. The number of fused-ring (bicyclic) bond motifs is 2. The summed E-state index contributed by atoms with van der Waals surface area (Å²) in [7, 11) is 0. The van der Waals surface area contributed by atoms with Crippen LogP contribution >= 0.6 is 0 Å². The summed E-state index contributed by atoms with van der Waals surface area (Å²) in [5.74, 6) is -1.63. The minimum absolute atomic E-state index is 0. The van der Waals surface area contributed by atoms with Crippen LogP contribution in [0.15, 0.2) is 76.4 Å². The van der Waals surface area contributed by atoms with Crippen LogP contribution in [0.1, 0.15) is 39.9 Å². The fraction of sp³-hybridized carbons (Fsp3) is 0.115. The standard InChI is InChI=1S/C26H20N4O5.Na/c1-2-11-30-24(32)18-14-16(9-10-19(18)27-26(30)35)22(31)23-28-21(20-8-3-4-12-29(20)23)15-6-5-7-17(13-15)25(33)34;/h3-10,12-14H,2,11H2,1H3,(H,27,35)(H,33,34);/q;+1/p-1. The quantitative estimate of drug-likeness (QED) is 0.241. The molecule has 0 fully saturated rings. The minimum Gasteiger partial charge on any atom is -0.545 e. The summed E-state index contributed by atoms with van der Waals surface area (Å²) in [6.07, 6.45) is 2.30. The van der Waals surface area contributed by atoms with Crippen LogP contribution in [0.2, 0.25) is 0 Å². The van der Waals surface area contributed by atoms with E-state index in [1.165, 1.54) is 30.3 Å². The summed E-state index contributed by atoms with van der Waals surface area (Å²) < 4.78 is 2.74. The third-order valence-electron chi connectivity index (χ3n) is 5.81. The number of benzene rings is 2. The molecular weight excluding hydrogens is 471 g/mol. The molecule has 0 bridgehead atoms. The Hall–Kier alpha value is -3.79. The molecule has 0 saturated heterocycles. The molecule has 1 N–H and O–H groups in total. The maximum Gasteiger partial charge on any atom is 1.00 e. The van der Waals surface area contributed by atoms with Gasteiger partial charge >= 0.3 is 35.2 Å². The number of carbonyl (C=O) groups excluding carboxylic acids is 2. The van der Waals surface area contributed by atoms with Gasteiger partial charge in [0.05, 0.1) is 28.1 Å². The van der Waals surface area contributed by atoms with Gasteiger partial charge in [0.15, 0.2) is 5.82 Å². The Morgan fingerprint density at radius 2 is 1.81 bits per heavy atom. The van der Waals surface area contributed by atoms with E-state index in [2.05, 4.69) is 9.97 Å². The summed E-state index contributed by atoms with van der Waals surface area (Å²) >= 11 is 0. The van der Waals surface area contributed by atoms with Gasteiger partial charge in [0.2, 0.25) is 5.78 Å². The summed E-state index contributed by atoms with van der Waals surface area (Å²) in [6, 6.07) is 16.0. The first-order valence-corrected chi connectivity index (χ1v) is 11.0. The number of aromatic nitrogens is 4. The van der Waals surface area contributed by atoms with Gasteiger partial charge in [-0.2, -0.15) is 0 Å². The molecule has 0 aliphatic carbocycles. The van der Waals surface area contributed by atoms with Crippen molar-refractivity contribution in [2.45, 2.75) is 19.9 Å². The van der Waals surface area contributed by atoms with Gasteiger partial charge in [-0.15, -0.1) is 0 Å². The van der Waals surface area contributed by atoms with E-state index in [-0.39, 0.29) is 58.4 Å². The SMILES string of the molecule is CCCn1c(=O)[nH]c2ccc(C(=O)c3nc(-c4cccc(C(=O)[O-])c4)c4ccccn34)cc2c1=O.[Na+]. The maximum absolute atomic E-state index is 13.5. The van der Waals surface area contributed by atoms with Gasteiger partial charge in [-0.25, -0.2) is 9.78 Å². The Morgan fingerprint density at radius 3 is 2.56 bits per heavy atom. The fourth-order valence-corrected chi connectivity index (χ4v) is 4.15. The summed E-state index contributed by atoms with van der Waals surface area (Å²) in [5, 5.41) is 11.6. The Labute approximate surface area is 226 Å². The number of hydrogen-bond donors (Lipinski definition) is 1. The molecule has 3 aromatic heterocycles. The second-order valence-corrected chi connectivity index (χ2v) is 8.08. The van der Waals surface area contributed by atoms with Gasteiger partial charge in [0.1, 0.15) is 0 Å². The van der Waals surface area contributed by atoms with Crippen molar-refractivity contribution < 1.29 is 44.3 Å². The topological polar surface area (TPSA) is 129 Å². The Kier molecular flexibility index (Phi) is 7.07. The number of rotatable bonds is 6. The van der Waals surface area contributed by atoms with E-state index in [1.807, 2.05) is 6.92 Å². The van der Waals surface area contributed by atoms with E-state index in [1.54, 1.807) is 40.9 Å². The van der Waals surface area contributed by atoms with Crippen LogP contribution in [-0.4, -0.2) is 30.7 Å². The van der Waals surface area contributed by atoms with Crippen LogP contribution in [0.5, 0.6) is 0 Å². The van der Waals surface area contributed by atoms with Crippen LogP contribution in [0.4, 0.5) is 0 Å². The van der Waals surface area contributed by atoms with E-state index in [0.717, 1.165) is 4.57 Å². The first-order chi connectivity index (χ1) is 16.9. The van der Waals surface area contributed by atoms with Crippen molar-refractivity contribution in [3.8, 4) is 11.3 Å². The van der Waals surface area contributed by atoms with Crippen LogP contribution < -0.4 is 45.9 Å². The number of ketones is 1. The number of nitrogens with one attached hydrogen (secondary N) is 1. The summed E-state index contributed by atoms with van der Waals surface area (Å²) in [6.45, 7) is 2.13. The van der Waals surface area contributed by atoms with Crippen LogP contribution in [-0.2, 0) is 6.54 Å². The van der Waals surface area contributed by atoms with Crippen LogP contribution in [0.3, 0.4) is 0 Å². The predicted octanol–water partition coefficient (Wildman–Crippen LogP) is -0.987. The van der Waals surface area contributed by atoms with E-state index in [0.29, 0.717) is 28.7 Å². The molecule has 5 rings (SSSR count). The normalized spacial score (nSPS) is 10.9. The molecule has 0 atom stereocenters. The molecule has 0 aliphatic rings. The van der Waals surface area contributed by atoms with Crippen molar-refractivity contribution in [2.75, 3.05) is 0 Å². The predicted molar refractivity (Wildman–Crippen MR) is 128 cm³/mol. The van der Waals surface area contributed by atoms with E-state index in [4.69, 9.17) is 0 Å². The third-order valence-corrected chi connectivity index (χ3v) is 5.81.